The van der Waals surface area contributed by atoms with Gasteiger partial charge < -0.3 is 9.47 Å². The van der Waals surface area contributed by atoms with Crippen molar-refractivity contribution in [2.45, 2.75) is 149 Å². The molecule has 0 N–H and O–H groups in total. The first-order valence-electron chi connectivity index (χ1n) is 14.6. The highest BCUT2D eigenvalue weighted by molar-refractivity contribution is 5.42. The maximum Gasteiger partial charge on any atom is 0.161 e. The Morgan fingerprint density at radius 1 is 0.455 bits per heavy atom. The highest BCUT2D eigenvalue weighted by Gasteiger charge is 2.06. The van der Waals surface area contributed by atoms with Crippen molar-refractivity contribution < 1.29 is 9.47 Å². The third kappa shape index (κ3) is 17.9. The molecule has 0 fully saturated rings. The largest absolute Gasteiger partial charge is 0.490 e. The summed E-state index contributed by atoms with van der Waals surface area (Å²) in [5, 5.41) is 0. The normalized spacial score (nSPS) is 11.1. The lowest BCUT2D eigenvalue weighted by Crippen LogP contribution is -2.03. The number of aryl methyl sites for hydroxylation is 1. The van der Waals surface area contributed by atoms with Gasteiger partial charge in [0.2, 0.25) is 0 Å². The summed E-state index contributed by atoms with van der Waals surface area (Å²) < 4.78 is 12.2. The van der Waals surface area contributed by atoms with Gasteiger partial charge in [-0.25, -0.2) is 0 Å². The minimum atomic E-state index is 0.800. The molecular weight excluding hydrogens is 404 g/mol. The van der Waals surface area contributed by atoms with Crippen LogP contribution < -0.4 is 9.47 Å². The van der Waals surface area contributed by atoms with Crippen LogP contribution in [0.5, 0.6) is 11.5 Å². The van der Waals surface area contributed by atoms with Crippen molar-refractivity contribution in [3.05, 3.63) is 23.8 Å². The van der Waals surface area contributed by atoms with E-state index in [-0.39, 0.29) is 0 Å². The van der Waals surface area contributed by atoms with Crippen LogP contribution in [0.3, 0.4) is 0 Å². The Hall–Kier alpha value is -1.18. The van der Waals surface area contributed by atoms with Gasteiger partial charge in [0.25, 0.3) is 0 Å². The van der Waals surface area contributed by atoms with Crippen LogP contribution in [0, 0.1) is 6.92 Å². The molecule has 0 aromatic heterocycles. The monoisotopic (exact) mass is 460 g/mol. The number of ether oxygens (including phenoxy) is 2. The number of rotatable bonds is 24. The summed E-state index contributed by atoms with van der Waals surface area (Å²) >= 11 is 0. The van der Waals surface area contributed by atoms with Gasteiger partial charge in [-0.05, 0) is 37.5 Å². The van der Waals surface area contributed by atoms with Gasteiger partial charge in [-0.1, -0.05) is 135 Å². The molecule has 192 valence electrons. The number of benzene rings is 1. The van der Waals surface area contributed by atoms with Gasteiger partial charge in [0.15, 0.2) is 11.5 Å². The highest BCUT2D eigenvalue weighted by atomic mass is 16.5. The molecule has 2 heteroatoms. The zero-order valence-corrected chi connectivity index (χ0v) is 22.6. The number of unbranched alkanes of at least 4 members (excludes halogenated alkanes) is 18. The molecule has 0 spiro atoms. The van der Waals surface area contributed by atoms with Crippen LogP contribution in [0.15, 0.2) is 18.2 Å². The molecule has 1 rings (SSSR count). The summed E-state index contributed by atoms with van der Waals surface area (Å²) in [6.45, 7) is 8.29. The molecule has 0 aliphatic rings. The van der Waals surface area contributed by atoms with Gasteiger partial charge in [-0.3, -0.25) is 0 Å². The Kier molecular flexibility index (Phi) is 20.4. The zero-order valence-electron chi connectivity index (χ0n) is 22.6. The molecule has 0 heterocycles. The lowest BCUT2D eigenvalue weighted by Gasteiger charge is -2.13. The van der Waals surface area contributed by atoms with Crippen LogP contribution in [-0.2, 0) is 0 Å². The van der Waals surface area contributed by atoms with E-state index in [1.165, 1.54) is 121 Å². The summed E-state index contributed by atoms with van der Waals surface area (Å²) in [6.07, 6.45) is 27.1. The first-order valence-corrected chi connectivity index (χ1v) is 14.6. The molecule has 1 aromatic rings. The Bertz CT molecular complexity index is 540. The molecule has 1 aromatic carbocycles. The summed E-state index contributed by atoms with van der Waals surface area (Å²) in [5.74, 6) is 1.85. The smallest absolute Gasteiger partial charge is 0.161 e. The Morgan fingerprint density at radius 3 is 1.24 bits per heavy atom. The van der Waals surface area contributed by atoms with Crippen molar-refractivity contribution in [1.82, 2.24) is 0 Å². The van der Waals surface area contributed by atoms with Gasteiger partial charge in [-0.15, -0.1) is 0 Å². The standard InChI is InChI=1S/C31H56O2/c1-4-6-8-10-12-14-16-18-20-22-26-32-30-25-24-29(3)28-31(30)33-27-23-21-19-17-15-13-11-9-7-5-2/h24-25,28H,4-23,26-27H2,1-3H3. The Balaban J connectivity index is 2.07. The molecule has 33 heavy (non-hydrogen) atoms. The molecule has 0 bridgehead atoms. The van der Waals surface area contributed by atoms with Crippen molar-refractivity contribution in [2.75, 3.05) is 13.2 Å². The van der Waals surface area contributed by atoms with E-state index in [0.29, 0.717) is 0 Å². The maximum absolute atomic E-state index is 6.12. The molecule has 0 aliphatic carbocycles. The first-order chi connectivity index (χ1) is 16.3. The second kappa shape index (κ2) is 22.6. The van der Waals surface area contributed by atoms with Gasteiger partial charge >= 0.3 is 0 Å². The van der Waals surface area contributed by atoms with Gasteiger partial charge in [0.1, 0.15) is 0 Å². The average Bonchev–Trinajstić information content (AvgIpc) is 2.82. The summed E-state index contributed by atoms with van der Waals surface area (Å²) in [6, 6.07) is 6.34. The quantitative estimate of drug-likeness (QED) is 0.143. The third-order valence-corrected chi connectivity index (χ3v) is 6.61. The zero-order chi connectivity index (χ0) is 23.8. The lowest BCUT2D eigenvalue weighted by molar-refractivity contribution is 0.258. The van der Waals surface area contributed by atoms with Crippen molar-refractivity contribution in [3.8, 4) is 11.5 Å². The van der Waals surface area contributed by atoms with Crippen molar-refractivity contribution in [3.63, 3.8) is 0 Å². The third-order valence-electron chi connectivity index (χ3n) is 6.61. The van der Waals surface area contributed by atoms with Crippen LogP contribution in [0.1, 0.15) is 148 Å². The Labute approximate surface area is 207 Å². The number of hydrogen-bond donors (Lipinski definition) is 0. The van der Waals surface area contributed by atoms with E-state index in [0.717, 1.165) is 37.6 Å². The fourth-order valence-corrected chi connectivity index (χ4v) is 4.39. The molecule has 0 aliphatic heterocycles. The van der Waals surface area contributed by atoms with Crippen LogP contribution in [0.2, 0.25) is 0 Å². The van der Waals surface area contributed by atoms with Crippen LogP contribution in [0.25, 0.3) is 0 Å². The average molecular weight is 461 g/mol. The van der Waals surface area contributed by atoms with Crippen LogP contribution in [0.4, 0.5) is 0 Å². The van der Waals surface area contributed by atoms with E-state index in [1.807, 2.05) is 0 Å². The van der Waals surface area contributed by atoms with Gasteiger partial charge in [0, 0.05) is 0 Å². The van der Waals surface area contributed by atoms with Crippen molar-refractivity contribution >= 4 is 0 Å². The highest BCUT2D eigenvalue weighted by Crippen LogP contribution is 2.29. The minimum absolute atomic E-state index is 0.800. The molecule has 0 radical (unpaired) electrons. The fourth-order valence-electron chi connectivity index (χ4n) is 4.39. The fraction of sp³-hybridized carbons (Fsp3) is 0.806. The Morgan fingerprint density at radius 2 is 0.818 bits per heavy atom. The van der Waals surface area contributed by atoms with Crippen LogP contribution in [-0.4, -0.2) is 13.2 Å². The summed E-state index contributed by atoms with van der Waals surface area (Å²) in [5.41, 5.74) is 1.24. The molecule has 0 amide bonds. The van der Waals surface area contributed by atoms with E-state index in [4.69, 9.17) is 9.47 Å². The molecule has 0 saturated carbocycles. The lowest BCUT2D eigenvalue weighted by atomic mass is 10.1. The first kappa shape index (κ1) is 29.9. The van der Waals surface area contributed by atoms with Crippen molar-refractivity contribution in [1.29, 1.82) is 0 Å². The molecule has 0 unspecified atom stereocenters. The van der Waals surface area contributed by atoms with E-state index in [9.17, 15) is 0 Å². The maximum atomic E-state index is 6.12. The molecule has 2 nitrogen and oxygen atoms in total. The molecule has 0 atom stereocenters. The predicted octanol–water partition coefficient (Wildman–Crippen LogP) is 10.6. The van der Waals surface area contributed by atoms with E-state index in [1.54, 1.807) is 0 Å². The summed E-state index contributed by atoms with van der Waals surface area (Å²) in [4.78, 5) is 0. The second-order valence-electron chi connectivity index (χ2n) is 10.0. The minimum Gasteiger partial charge on any atom is -0.490 e. The molecule has 0 saturated heterocycles. The predicted molar refractivity (Wildman–Crippen MR) is 146 cm³/mol. The van der Waals surface area contributed by atoms with Crippen LogP contribution >= 0.6 is 0 Å². The van der Waals surface area contributed by atoms with E-state index in [2.05, 4.69) is 39.0 Å². The van der Waals surface area contributed by atoms with Crippen molar-refractivity contribution in [2.24, 2.45) is 0 Å². The van der Waals surface area contributed by atoms with E-state index >= 15 is 0 Å². The van der Waals surface area contributed by atoms with Gasteiger partial charge in [0.05, 0.1) is 13.2 Å². The number of hydrogen-bond acceptors (Lipinski definition) is 2. The second-order valence-corrected chi connectivity index (χ2v) is 10.0. The summed E-state index contributed by atoms with van der Waals surface area (Å²) in [7, 11) is 0. The van der Waals surface area contributed by atoms with Gasteiger partial charge in [-0.2, -0.15) is 0 Å². The topological polar surface area (TPSA) is 18.5 Å². The molecular formula is C31H56O2. The van der Waals surface area contributed by atoms with E-state index < -0.39 is 0 Å². The SMILES string of the molecule is CCCCCCCCCCCCOc1ccc(C)cc1OCCCCCCCCCCCC.